The maximum atomic E-state index is 12.9. The summed E-state index contributed by atoms with van der Waals surface area (Å²) in [6.07, 6.45) is 2.25. The first-order valence-corrected chi connectivity index (χ1v) is 11.0. The van der Waals surface area contributed by atoms with E-state index in [4.69, 9.17) is 11.6 Å². The van der Waals surface area contributed by atoms with Gasteiger partial charge < -0.3 is 10.2 Å². The summed E-state index contributed by atoms with van der Waals surface area (Å²) in [5.74, 6) is -0.107. The van der Waals surface area contributed by atoms with Crippen LogP contribution in [0.3, 0.4) is 0 Å². The van der Waals surface area contributed by atoms with Crippen LogP contribution in [0.5, 0.6) is 0 Å². The zero-order valence-corrected chi connectivity index (χ0v) is 19.2. The molecular formula is C23H31ClN4O2. The highest BCUT2D eigenvalue weighted by Crippen LogP contribution is 2.23. The molecule has 6 nitrogen and oxygen atoms in total. The van der Waals surface area contributed by atoms with Gasteiger partial charge in [0.2, 0.25) is 11.8 Å². The average Bonchev–Trinajstić information content (AvgIpc) is 3.32. The van der Waals surface area contributed by atoms with E-state index in [1.807, 2.05) is 62.4 Å². The first-order chi connectivity index (χ1) is 14.2. The molecule has 1 aliphatic heterocycles. The Labute approximate surface area is 183 Å². The van der Waals surface area contributed by atoms with Crippen molar-refractivity contribution >= 4 is 23.4 Å². The summed E-state index contributed by atoms with van der Waals surface area (Å²) in [6.45, 7) is 11.3. The molecule has 3 rings (SSSR count). The van der Waals surface area contributed by atoms with Crippen LogP contribution in [-0.4, -0.2) is 45.6 Å². The van der Waals surface area contributed by atoms with E-state index in [0.29, 0.717) is 5.02 Å². The van der Waals surface area contributed by atoms with Crippen molar-refractivity contribution in [2.45, 2.75) is 59.9 Å². The van der Waals surface area contributed by atoms with Crippen molar-refractivity contribution in [1.29, 1.82) is 0 Å². The highest BCUT2D eigenvalue weighted by molar-refractivity contribution is 6.31. The lowest BCUT2D eigenvalue weighted by atomic mass is 10.0. The molecular weight excluding hydrogens is 400 g/mol. The molecule has 1 saturated heterocycles. The van der Waals surface area contributed by atoms with E-state index in [-0.39, 0.29) is 24.2 Å². The van der Waals surface area contributed by atoms with Crippen LogP contribution in [0.15, 0.2) is 18.2 Å². The number of carbonyl (C=O) groups is 2. The number of hydrogen-bond acceptors (Lipinski definition) is 3. The predicted molar refractivity (Wildman–Crippen MR) is 119 cm³/mol. The van der Waals surface area contributed by atoms with Crippen molar-refractivity contribution in [3.63, 3.8) is 0 Å². The maximum absolute atomic E-state index is 12.9. The summed E-state index contributed by atoms with van der Waals surface area (Å²) in [6, 6.07) is 5.30. The Kier molecular flexibility index (Phi) is 6.86. The zero-order chi connectivity index (χ0) is 22.0. The van der Waals surface area contributed by atoms with E-state index in [0.717, 1.165) is 54.1 Å². The smallest absolute Gasteiger partial charge is 0.245 e. The third kappa shape index (κ3) is 4.69. The maximum Gasteiger partial charge on any atom is 0.245 e. The molecule has 0 bridgehead atoms. The molecule has 1 aromatic heterocycles. The second-order valence-electron chi connectivity index (χ2n) is 8.49. The average molecular weight is 431 g/mol. The van der Waals surface area contributed by atoms with Gasteiger partial charge in [-0.3, -0.25) is 9.59 Å². The molecule has 162 valence electrons. The summed E-state index contributed by atoms with van der Waals surface area (Å²) < 4.78 is 1.82. The molecule has 2 amide bonds. The molecule has 0 unspecified atom stereocenters. The fraction of sp³-hybridized carbons (Fsp3) is 0.522. The summed E-state index contributed by atoms with van der Waals surface area (Å²) in [4.78, 5) is 27.6. The molecule has 0 radical (unpaired) electrons. The van der Waals surface area contributed by atoms with Crippen LogP contribution in [0.4, 0.5) is 0 Å². The van der Waals surface area contributed by atoms with E-state index in [1.54, 1.807) is 0 Å². The standard InChI is InChI=1S/C23H31ClN4O2/c1-14(2)22(23(30)27-10-6-7-11-27)25-21(29)13-19-16(4)26-28(17(19)5)18-9-8-15(3)20(24)12-18/h8-9,12,14,22H,6-7,10-11,13H2,1-5H3,(H,25,29)/t22-/m0/s1. The molecule has 1 fully saturated rings. The van der Waals surface area contributed by atoms with E-state index < -0.39 is 6.04 Å². The van der Waals surface area contributed by atoms with Crippen molar-refractivity contribution in [2.75, 3.05) is 13.1 Å². The minimum atomic E-state index is -0.498. The van der Waals surface area contributed by atoms with Gasteiger partial charge in [-0.2, -0.15) is 5.10 Å². The number of benzene rings is 1. The van der Waals surface area contributed by atoms with Crippen molar-refractivity contribution in [3.05, 3.63) is 45.7 Å². The van der Waals surface area contributed by atoms with Gasteiger partial charge in [0.1, 0.15) is 6.04 Å². The van der Waals surface area contributed by atoms with Gasteiger partial charge in [0.15, 0.2) is 0 Å². The molecule has 0 spiro atoms. The SMILES string of the molecule is Cc1ccc(-n2nc(C)c(CC(=O)N[C@H](C(=O)N3CCCC3)C(C)C)c2C)cc1Cl. The normalized spacial score (nSPS) is 15.0. The largest absolute Gasteiger partial charge is 0.344 e. The van der Waals surface area contributed by atoms with Gasteiger partial charge in [0.25, 0.3) is 0 Å². The van der Waals surface area contributed by atoms with Crippen molar-refractivity contribution < 1.29 is 9.59 Å². The summed E-state index contributed by atoms with van der Waals surface area (Å²) in [7, 11) is 0. The lowest BCUT2D eigenvalue weighted by molar-refractivity contribution is -0.136. The first-order valence-electron chi connectivity index (χ1n) is 10.6. The van der Waals surface area contributed by atoms with Crippen LogP contribution in [0.25, 0.3) is 5.69 Å². The monoisotopic (exact) mass is 430 g/mol. The van der Waals surface area contributed by atoms with Gasteiger partial charge >= 0.3 is 0 Å². The number of nitrogens with zero attached hydrogens (tertiary/aromatic N) is 3. The van der Waals surface area contributed by atoms with Crippen LogP contribution >= 0.6 is 11.6 Å². The van der Waals surface area contributed by atoms with E-state index in [1.165, 1.54) is 0 Å². The molecule has 1 atom stereocenters. The molecule has 1 aliphatic rings. The number of aromatic nitrogens is 2. The molecule has 2 aromatic rings. The van der Waals surface area contributed by atoms with Gasteiger partial charge in [-0.05, 0) is 57.2 Å². The molecule has 0 saturated carbocycles. The minimum absolute atomic E-state index is 0.0225. The minimum Gasteiger partial charge on any atom is -0.344 e. The van der Waals surface area contributed by atoms with Crippen molar-refractivity contribution in [3.8, 4) is 5.69 Å². The fourth-order valence-electron chi connectivity index (χ4n) is 3.93. The van der Waals surface area contributed by atoms with Crippen LogP contribution < -0.4 is 5.32 Å². The van der Waals surface area contributed by atoms with Gasteiger partial charge in [-0.15, -0.1) is 0 Å². The number of hydrogen-bond donors (Lipinski definition) is 1. The lowest BCUT2D eigenvalue weighted by Gasteiger charge is -2.26. The quantitative estimate of drug-likeness (QED) is 0.758. The summed E-state index contributed by atoms with van der Waals surface area (Å²) >= 11 is 6.28. The Morgan fingerprint density at radius 3 is 2.43 bits per heavy atom. The van der Waals surface area contributed by atoms with Gasteiger partial charge in [0.05, 0.1) is 17.8 Å². The highest BCUT2D eigenvalue weighted by Gasteiger charge is 2.30. The van der Waals surface area contributed by atoms with E-state index in [2.05, 4.69) is 10.4 Å². The third-order valence-corrected chi connectivity index (χ3v) is 6.25. The Hall–Kier alpha value is -2.34. The highest BCUT2D eigenvalue weighted by atomic mass is 35.5. The molecule has 1 aromatic carbocycles. The van der Waals surface area contributed by atoms with Crippen LogP contribution in [0, 0.1) is 26.7 Å². The van der Waals surface area contributed by atoms with E-state index in [9.17, 15) is 9.59 Å². The number of likely N-dealkylation sites (tertiary alicyclic amines) is 1. The van der Waals surface area contributed by atoms with Gasteiger partial charge in [0, 0.05) is 29.4 Å². The molecule has 2 heterocycles. The van der Waals surface area contributed by atoms with Gasteiger partial charge in [-0.1, -0.05) is 31.5 Å². The topological polar surface area (TPSA) is 67.2 Å². The number of aryl methyl sites for hydroxylation is 2. The Morgan fingerprint density at radius 1 is 1.17 bits per heavy atom. The van der Waals surface area contributed by atoms with Crippen LogP contribution in [-0.2, 0) is 16.0 Å². The molecule has 0 aliphatic carbocycles. The second-order valence-corrected chi connectivity index (χ2v) is 8.90. The number of rotatable bonds is 6. The third-order valence-electron chi connectivity index (χ3n) is 5.85. The zero-order valence-electron chi connectivity index (χ0n) is 18.5. The Bertz CT molecular complexity index is 945. The first kappa shape index (κ1) is 22.3. The lowest BCUT2D eigenvalue weighted by Crippen LogP contribution is -2.50. The molecule has 30 heavy (non-hydrogen) atoms. The number of halogens is 1. The number of amides is 2. The number of carbonyl (C=O) groups excluding carboxylic acids is 2. The number of nitrogens with one attached hydrogen (secondary N) is 1. The fourth-order valence-corrected chi connectivity index (χ4v) is 4.10. The second kappa shape index (κ2) is 9.21. The summed E-state index contributed by atoms with van der Waals surface area (Å²) in [5.41, 5.74) is 4.44. The predicted octanol–water partition coefficient (Wildman–Crippen LogP) is 3.76. The Balaban J connectivity index is 1.76. The summed E-state index contributed by atoms with van der Waals surface area (Å²) in [5, 5.41) is 8.27. The molecule has 7 heteroatoms. The van der Waals surface area contributed by atoms with Crippen LogP contribution in [0.1, 0.15) is 49.2 Å². The van der Waals surface area contributed by atoms with E-state index >= 15 is 0 Å². The Morgan fingerprint density at radius 2 is 1.83 bits per heavy atom. The van der Waals surface area contributed by atoms with Crippen molar-refractivity contribution in [2.24, 2.45) is 5.92 Å². The molecule has 1 N–H and O–H groups in total. The van der Waals surface area contributed by atoms with Crippen LogP contribution in [0.2, 0.25) is 5.02 Å². The van der Waals surface area contributed by atoms with Gasteiger partial charge in [-0.25, -0.2) is 4.68 Å². The van der Waals surface area contributed by atoms with Crippen molar-refractivity contribution in [1.82, 2.24) is 20.0 Å².